The van der Waals surface area contributed by atoms with E-state index in [9.17, 15) is 9.59 Å². The van der Waals surface area contributed by atoms with Gasteiger partial charge in [0.25, 0.3) is 5.91 Å². The molecule has 1 N–H and O–H groups in total. The Bertz CT molecular complexity index is 1150. The van der Waals surface area contributed by atoms with Crippen LogP contribution < -0.4 is 5.32 Å². The van der Waals surface area contributed by atoms with Crippen molar-refractivity contribution in [2.75, 3.05) is 13.1 Å². The molecule has 0 bridgehead atoms. The summed E-state index contributed by atoms with van der Waals surface area (Å²) in [5.74, 6) is 0.499. The number of hydrogen-bond donors (Lipinski definition) is 1. The van der Waals surface area contributed by atoms with E-state index in [1.54, 1.807) is 17.2 Å². The minimum absolute atomic E-state index is 0.0521. The molecule has 3 heterocycles. The van der Waals surface area contributed by atoms with Gasteiger partial charge in [-0.2, -0.15) is 0 Å². The Labute approximate surface area is 208 Å². The first kappa shape index (κ1) is 24.2. The van der Waals surface area contributed by atoms with E-state index in [2.05, 4.69) is 5.32 Å². The lowest BCUT2D eigenvalue weighted by Gasteiger charge is -2.38. The van der Waals surface area contributed by atoms with Crippen LogP contribution in [0.2, 0.25) is 5.02 Å². The van der Waals surface area contributed by atoms with Gasteiger partial charge < -0.3 is 19.5 Å². The van der Waals surface area contributed by atoms with Crippen molar-refractivity contribution in [3.63, 3.8) is 0 Å². The predicted molar refractivity (Wildman–Crippen MR) is 135 cm³/mol. The van der Waals surface area contributed by atoms with Gasteiger partial charge in [0.15, 0.2) is 5.17 Å². The normalized spacial score (nSPS) is 17.3. The van der Waals surface area contributed by atoms with Crippen molar-refractivity contribution in [1.29, 1.82) is 0 Å². The average Bonchev–Trinajstić information content (AvgIpc) is 3.48. The van der Waals surface area contributed by atoms with E-state index in [4.69, 9.17) is 21.0 Å². The van der Waals surface area contributed by atoms with E-state index in [0.717, 1.165) is 16.4 Å². The monoisotopic (exact) mass is 498 g/mol. The zero-order chi connectivity index (χ0) is 24.2. The Morgan fingerprint density at radius 1 is 1.21 bits per heavy atom. The van der Waals surface area contributed by atoms with Crippen LogP contribution in [-0.4, -0.2) is 39.9 Å². The van der Waals surface area contributed by atoms with E-state index < -0.39 is 6.04 Å². The minimum Gasteiger partial charge on any atom is -0.467 e. The van der Waals surface area contributed by atoms with Crippen molar-refractivity contribution in [1.82, 2.24) is 15.1 Å². The maximum atomic E-state index is 13.6. The standard InChI is InChI=1S/C25H27ClN4O3S/c1-4-29(5-2)24(32)22-16(3)28-25-30(23(22)17-8-10-18(26)11-9-17)19(15-34-25)13-21(31)27-14-20-7-6-12-33-20/h6-12,15,23H,4-5,13-14H2,1-3H3,(H,27,31). The number of thioether (sulfide) groups is 1. The summed E-state index contributed by atoms with van der Waals surface area (Å²) in [6.07, 6.45) is 1.73. The Morgan fingerprint density at radius 3 is 2.59 bits per heavy atom. The molecule has 7 nitrogen and oxygen atoms in total. The Morgan fingerprint density at radius 2 is 1.94 bits per heavy atom. The fraction of sp³-hybridized carbons (Fsp3) is 0.320. The third-order valence-electron chi connectivity index (χ3n) is 5.85. The lowest BCUT2D eigenvalue weighted by Crippen LogP contribution is -2.42. The van der Waals surface area contributed by atoms with Gasteiger partial charge in [0, 0.05) is 23.8 Å². The molecular weight excluding hydrogens is 472 g/mol. The largest absolute Gasteiger partial charge is 0.467 e. The summed E-state index contributed by atoms with van der Waals surface area (Å²) in [5.41, 5.74) is 3.00. The summed E-state index contributed by atoms with van der Waals surface area (Å²) < 4.78 is 5.30. The smallest absolute Gasteiger partial charge is 0.254 e. The third kappa shape index (κ3) is 4.93. The van der Waals surface area contributed by atoms with Gasteiger partial charge >= 0.3 is 0 Å². The Hall–Kier alpha value is -2.97. The zero-order valence-corrected chi connectivity index (χ0v) is 20.9. The van der Waals surface area contributed by atoms with Crippen LogP contribution in [0.4, 0.5) is 0 Å². The number of nitrogens with one attached hydrogen (secondary N) is 1. The second-order valence-corrected chi connectivity index (χ2v) is 9.23. The number of likely N-dealkylation sites (N-methyl/N-ethyl adjacent to an activating group) is 1. The molecule has 34 heavy (non-hydrogen) atoms. The molecule has 1 atom stereocenters. The number of furan rings is 1. The van der Waals surface area contributed by atoms with Gasteiger partial charge in [-0.25, -0.2) is 4.99 Å². The van der Waals surface area contributed by atoms with Crippen LogP contribution in [0.15, 0.2) is 74.4 Å². The van der Waals surface area contributed by atoms with E-state index in [1.165, 1.54) is 11.8 Å². The number of carbonyl (C=O) groups is 2. The molecule has 2 aliphatic rings. The summed E-state index contributed by atoms with van der Waals surface area (Å²) in [6, 6.07) is 10.7. The average molecular weight is 499 g/mol. The molecule has 4 rings (SSSR count). The summed E-state index contributed by atoms with van der Waals surface area (Å²) in [6.45, 7) is 7.32. The Balaban J connectivity index is 1.65. The molecule has 1 aromatic heterocycles. The van der Waals surface area contributed by atoms with Crippen molar-refractivity contribution in [2.24, 2.45) is 4.99 Å². The van der Waals surface area contributed by atoms with Gasteiger partial charge in [0.1, 0.15) is 5.76 Å². The summed E-state index contributed by atoms with van der Waals surface area (Å²) >= 11 is 7.62. The highest BCUT2D eigenvalue weighted by atomic mass is 35.5. The van der Waals surface area contributed by atoms with Crippen molar-refractivity contribution in [2.45, 2.75) is 39.8 Å². The topological polar surface area (TPSA) is 78.1 Å². The molecule has 1 aromatic carbocycles. The first-order valence-corrected chi connectivity index (χ1v) is 12.5. The number of amides is 2. The molecule has 9 heteroatoms. The molecule has 178 valence electrons. The van der Waals surface area contributed by atoms with E-state index in [0.29, 0.717) is 41.7 Å². The van der Waals surface area contributed by atoms with Gasteiger partial charge in [-0.3, -0.25) is 9.59 Å². The van der Waals surface area contributed by atoms with Gasteiger partial charge in [-0.1, -0.05) is 35.5 Å². The highest BCUT2D eigenvalue weighted by Crippen LogP contribution is 2.45. The van der Waals surface area contributed by atoms with Crippen molar-refractivity contribution >= 4 is 40.3 Å². The fourth-order valence-corrected chi connectivity index (χ4v) is 5.20. The second kappa shape index (κ2) is 10.5. The van der Waals surface area contributed by atoms with Crippen LogP contribution in [0.1, 0.15) is 44.6 Å². The second-order valence-electron chi connectivity index (χ2n) is 7.95. The SMILES string of the molecule is CCN(CC)C(=O)C1=C(C)N=C2SC=C(CC(=O)NCc3ccco3)N2C1c1ccc(Cl)cc1. The Kier molecular flexibility index (Phi) is 7.48. The minimum atomic E-state index is -0.406. The fourth-order valence-electron chi connectivity index (χ4n) is 4.11. The van der Waals surface area contributed by atoms with Gasteiger partial charge in [0.05, 0.1) is 36.5 Å². The number of allylic oxidation sites excluding steroid dienone is 1. The number of carbonyl (C=O) groups excluding carboxylic acids is 2. The maximum absolute atomic E-state index is 13.6. The lowest BCUT2D eigenvalue weighted by molar-refractivity contribution is -0.127. The van der Waals surface area contributed by atoms with Gasteiger partial charge in [-0.15, -0.1) is 0 Å². The number of nitrogens with zero attached hydrogens (tertiary/aromatic N) is 3. The molecule has 0 saturated heterocycles. The van der Waals surface area contributed by atoms with E-state index >= 15 is 0 Å². The van der Waals surface area contributed by atoms with Crippen LogP contribution in [0.25, 0.3) is 0 Å². The highest BCUT2D eigenvalue weighted by Gasteiger charge is 2.41. The lowest BCUT2D eigenvalue weighted by atomic mass is 9.92. The summed E-state index contributed by atoms with van der Waals surface area (Å²) in [5, 5.41) is 6.20. The number of rotatable bonds is 8. The number of fused-ring (bicyclic) bond motifs is 1. The summed E-state index contributed by atoms with van der Waals surface area (Å²) in [7, 11) is 0. The number of aliphatic imine (C=N–C) groups is 1. The van der Waals surface area contributed by atoms with Crippen LogP contribution in [-0.2, 0) is 16.1 Å². The van der Waals surface area contributed by atoms with Crippen LogP contribution in [0.5, 0.6) is 0 Å². The van der Waals surface area contributed by atoms with E-state index in [-0.39, 0.29) is 18.2 Å². The predicted octanol–water partition coefficient (Wildman–Crippen LogP) is 5.08. The molecule has 2 aliphatic heterocycles. The molecular formula is C25H27ClN4O3S. The van der Waals surface area contributed by atoms with Crippen molar-refractivity contribution < 1.29 is 14.0 Å². The van der Waals surface area contributed by atoms with E-state index in [1.807, 2.05) is 61.4 Å². The maximum Gasteiger partial charge on any atom is 0.254 e. The first-order chi connectivity index (χ1) is 16.4. The van der Waals surface area contributed by atoms with Crippen molar-refractivity contribution in [3.8, 4) is 0 Å². The quantitative estimate of drug-likeness (QED) is 0.549. The molecule has 2 aromatic rings. The molecule has 0 fully saturated rings. The van der Waals surface area contributed by atoms with Crippen molar-refractivity contribution in [3.05, 3.63) is 81.4 Å². The molecule has 2 amide bonds. The third-order valence-corrected chi connectivity index (χ3v) is 6.99. The molecule has 1 unspecified atom stereocenters. The molecule has 0 saturated carbocycles. The molecule has 0 spiro atoms. The van der Waals surface area contributed by atoms with Gasteiger partial charge in [-0.05, 0) is 56.0 Å². The molecule has 0 aliphatic carbocycles. The molecule has 0 radical (unpaired) electrons. The van der Waals surface area contributed by atoms with Gasteiger partial charge in [0.2, 0.25) is 5.91 Å². The zero-order valence-electron chi connectivity index (χ0n) is 19.4. The first-order valence-electron chi connectivity index (χ1n) is 11.2. The number of amidine groups is 1. The van der Waals surface area contributed by atoms with Crippen LogP contribution in [0, 0.1) is 0 Å². The van der Waals surface area contributed by atoms with Crippen LogP contribution >= 0.6 is 23.4 Å². The number of benzene rings is 1. The number of hydrogen-bond acceptors (Lipinski definition) is 6. The number of halogens is 1. The highest BCUT2D eigenvalue weighted by molar-refractivity contribution is 8.16. The summed E-state index contributed by atoms with van der Waals surface area (Å²) in [4.78, 5) is 34.9. The van der Waals surface area contributed by atoms with Crippen LogP contribution in [0.3, 0.4) is 0 Å².